The average Bonchev–Trinajstić information content (AvgIpc) is 2.68. The molecular weight excluding hydrogens is 350 g/mol. The molecule has 2 aromatic rings. The summed E-state index contributed by atoms with van der Waals surface area (Å²) in [6.07, 6.45) is 0.0953. The van der Waals surface area contributed by atoms with E-state index in [9.17, 15) is 19.5 Å². The molecule has 0 bridgehead atoms. The second-order valence-corrected chi connectivity index (χ2v) is 5.98. The van der Waals surface area contributed by atoms with E-state index in [0.29, 0.717) is 5.56 Å². The molecule has 3 amide bonds. The molecule has 2 aromatic carbocycles. The summed E-state index contributed by atoms with van der Waals surface area (Å²) < 4.78 is 0. The van der Waals surface area contributed by atoms with Crippen LogP contribution in [0, 0.1) is 0 Å². The molecule has 0 aliphatic heterocycles. The highest BCUT2D eigenvalue weighted by Gasteiger charge is 2.25. The van der Waals surface area contributed by atoms with Gasteiger partial charge in [-0.3, -0.25) is 19.6 Å². The smallest absolute Gasteiger partial charge is 0.332 e. The molecule has 0 heterocycles. The van der Waals surface area contributed by atoms with Crippen LogP contribution in [0.5, 0.6) is 5.75 Å². The van der Waals surface area contributed by atoms with Crippen molar-refractivity contribution < 1.29 is 24.7 Å². The average molecular weight is 371 g/mol. The molecule has 0 saturated heterocycles. The molecular formula is C19H21N3O5. The molecule has 8 nitrogen and oxygen atoms in total. The monoisotopic (exact) mass is 371 g/mol. The van der Waals surface area contributed by atoms with Crippen molar-refractivity contribution in [1.29, 1.82) is 0 Å². The Kier molecular flexibility index (Phi) is 6.90. The van der Waals surface area contributed by atoms with E-state index in [-0.39, 0.29) is 18.2 Å². The van der Waals surface area contributed by atoms with Crippen molar-refractivity contribution >= 4 is 17.7 Å². The fourth-order valence-electron chi connectivity index (χ4n) is 2.49. The van der Waals surface area contributed by atoms with Gasteiger partial charge in [-0.15, -0.1) is 0 Å². The van der Waals surface area contributed by atoms with Gasteiger partial charge in [-0.25, -0.2) is 5.48 Å². The van der Waals surface area contributed by atoms with Gasteiger partial charge in [-0.2, -0.15) is 0 Å². The topological polar surface area (TPSA) is 128 Å². The lowest BCUT2D eigenvalue weighted by molar-refractivity contribution is -0.145. The van der Waals surface area contributed by atoms with Gasteiger partial charge in [0.15, 0.2) is 0 Å². The molecule has 27 heavy (non-hydrogen) atoms. The van der Waals surface area contributed by atoms with E-state index in [1.807, 2.05) is 30.3 Å². The van der Waals surface area contributed by atoms with Gasteiger partial charge in [0.25, 0.3) is 0 Å². The summed E-state index contributed by atoms with van der Waals surface area (Å²) >= 11 is 0. The number of aromatic hydroxyl groups is 1. The molecule has 0 aliphatic carbocycles. The summed E-state index contributed by atoms with van der Waals surface area (Å²) in [7, 11) is 0. The zero-order valence-corrected chi connectivity index (χ0v) is 14.7. The number of hydrogen-bond donors (Lipinski definition) is 5. The van der Waals surface area contributed by atoms with Crippen molar-refractivity contribution in [3.05, 3.63) is 65.7 Å². The van der Waals surface area contributed by atoms with Crippen molar-refractivity contribution in [1.82, 2.24) is 16.1 Å². The summed E-state index contributed by atoms with van der Waals surface area (Å²) in [4.78, 5) is 35.7. The summed E-state index contributed by atoms with van der Waals surface area (Å²) in [5.74, 6) is -2.82. The van der Waals surface area contributed by atoms with Gasteiger partial charge in [0.2, 0.25) is 5.91 Å². The molecule has 0 saturated carbocycles. The Morgan fingerprint density at radius 3 is 2.15 bits per heavy atom. The first-order valence-corrected chi connectivity index (χ1v) is 8.29. The molecule has 0 aromatic heterocycles. The van der Waals surface area contributed by atoms with Crippen molar-refractivity contribution in [2.45, 2.75) is 25.4 Å². The molecule has 5 N–H and O–H groups in total. The number of benzene rings is 2. The third-order valence-corrected chi connectivity index (χ3v) is 3.96. The number of nitrogens with one attached hydrogen (secondary N) is 3. The Balaban J connectivity index is 2.14. The molecule has 2 atom stereocenters. The third-order valence-electron chi connectivity index (χ3n) is 3.96. The summed E-state index contributed by atoms with van der Waals surface area (Å²) in [6, 6.07) is 14.0. The summed E-state index contributed by atoms with van der Waals surface area (Å²) in [6.45, 7) is 1.80. The number of carbonyl (C=O) groups is 3. The minimum Gasteiger partial charge on any atom is -0.508 e. The van der Waals surface area contributed by atoms with Crippen LogP contribution in [-0.4, -0.2) is 34.1 Å². The van der Waals surface area contributed by atoms with Gasteiger partial charge < -0.3 is 15.7 Å². The minimum absolute atomic E-state index is 0.0705. The number of hydroxylamine groups is 1. The lowest BCUT2D eigenvalue weighted by Crippen LogP contribution is -2.52. The lowest BCUT2D eigenvalue weighted by atomic mass is 10.0. The molecule has 0 unspecified atom stereocenters. The molecule has 0 radical (unpaired) electrons. The number of phenolic OH excluding ortho intramolecular Hbond substituents is 1. The second-order valence-electron chi connectivity index (χ2n) is 5.98. The Morgan fingerprint density at radius 1 is 0.926 bits per heavy atom. The third kappa shape index (κ3) is 5.82. The standard InChI is InChI=1S/C19H21N3O5/c1-12(14-5-3-2-4-6-14)20-17(24)16(21-18(25)19(26)22-27)11-13-7-9-15(23)10-8-13/h2-10,12,16,23,27H,11H2,1H3,(H,20,24)(H,21,25)(H,22,26)/t12-,16-/m0/s1. The van der Waals surface area contributed by atoms with Gasteiger partial charge in [0.1, 0.15) is 11.8 Å². The number of carbonyl (C=O) groups excluding carboxylic acids is 3. The Labute approximate surface area is 156 Å². The second kappa shape index (κ2) is 9.35. The maximum Gasteiger partial charge on any atom is 0.332 e. The van der Waals surface area contributed by atoms with E-state index < -0.39 is 23.8 Å². The van der Waals surface area contributed by atoms with E-state index >= 15 is 0 Å². The van der Waals surface area contributed by atoms with E-state index in [0.717, 1.165) is 5.56 Å². The quantitative estimate of drug-likeness (QED) is 0.292. The maximum atomic E-state index is 12.7. The highest BCUT2D eigenvalue weighted by atomic mass is 16.5. The van der Waals surface area contributed by atoms with Crippen LogP contribution in [0.2, 0.25) is 0 Å². The van der Waals surface area contributed by atoms with Gasteiger partial charge in [-0.05, 0) is 30.2 Å². The fourth-order valence-corrected chi connectivity index (χ4v) is 2.49. The van der Waals surface area contributed by atoms with Crippen LogP contribution in [0.25, 0.3) is 0 Å². The van der Waals surface area contributed by atoms with Crippen molar-refractivity contribution in [3.8, 4) is 5.75 Å². The number of amides is 3. The lowest BCUT2D eigenvalue weighted by Gasteiger charge is -2.21. The maximum absolute atomic E-state index is 12.7. The van der Waals surface area contributed by atoms with E-state index in [1.165, 1.54) is 17.6 Å². The first-order chi connectivity index (χ1) is 12.9. The predicted octanol–water partition coefficient (Wildman–Crippen LogP) is 0.802. The SMILES string of the molecule is C[C@H](NC(=O)[C@H](Cc1ccc(O)cc1)NC(=O)C(=O)NO)c1ccccc1. The van der Waals surface area contributed by atoms with E-state index in [4.69, 9.17) is 5.21 Å². The Morgan fingerprint density at radius 2 is 1.56 bits per heavy atom. The van der Waals surface area contributed by atoms with Gasteiger partial charge >= 0.3 is 11.8 Å². The fraction of sp³-hybridized carbons (Fsp3) is 0.211. The molecule has 0 aliphatic rings. The number of hydrogen-bond acceptors (Lipinski definition) is 5. The van der Waals surface area contributed by atoms with Crippen LogP contribution in [-0.2, 0) is 20.8 Å². The Bertz CT molecular complexity index is 793. The van der Waals surface area contributed by atoms with E-state index in [1.54, 1.807) is 19.1 Å². The first kappa shape index (κ1) is 19.9. The van der Waals surface area contributed by atoms with Crippen molar-refractivity contribution in [2.24, 2.45) is 0 Å². The highest BCUT2D eigenvalue weighted by molar-refractivity contribution is 6.35. The predicted molar refractivity (Wildman–Crippen MR) is 96.7 cm³/mol. The molecule has 2 rings (SSSR count). The van der Waals surface area contributed by atoms with Crippen LogP contribution >= 0.6 is 0 Å². The number of rotatable bonds is 6. The molecule has 8 heteroatoms. The molecule has 142 valence electrons. The minimum atomic E-state index is -1.27. The first-order valence-electron chi connectivity index (χ1n) is 8.29. The number of phenols is 1. The van der Waals surface area contributed by atoms with Gasteiger partial charge in [0, 0.05) is 6.42 Å². The van der Waals surface area contributed by atoms with Crippen molar-refractivity contribution in [3.63, 3.8) is 0 Å². The van der Waals surface area contributed by atoms with Gasteiger partial charge in [0.05, 0.1) is 6.04 Å². The normalized spacial score (nSPS) is 12.5. The highest BCUT2D eigenvalue weighted by Crippen LogP contribution is 2.14. The zero-order valence-electron chi connectivity index (χ0n) is 14.7. The summed E-state index contributed by atoms with van der Waals surface area (Å²) in [5, 5.41) is 23.0. The largest absolute Gasteiger partial charge is 0.508 e. The van der Waals surface area contributed by atoms with Crippen LogP contribution < -0.4 is 16.1 Å². The molecule has 0 fully saturated rings. The van der Waals surface area contributed by atoms with Crippen LogP contribution in [0.3, 0.4) is 0 Å². The zero-order chi connectivity index (χ0) is 19.8. The molecule has 0 spiro atoms. The van der Waals surface area contributed by atoms with Crippen LogP contribution in [0.4, 0.5) is 0 Å². The Hall–Kier alpha value is -3.39. The van der Waals surface area contributed by atoms with Crippen LogP contribution in [0.1, 0.15) is 24.1 Å². The van der Waals surface area contributed by atoms with Gasteiger partial charge in [-0.1, -0.05) is 42.5 Å². The van der Waals surface area contributed by atoms with Crippen LogP contribution in [0.15, 0.2) is 54.6 Å². The van der Waals surface area contributed by atoms with E-state index in [2.05, 4.69) is 10.6 Å². The van der Waals surface area contributed by atoms with Crippen molar-refractivity contribution in [2.75, 3.05) is 0 Å². The summed E-state index contributed by atoms with van der Waals surface area (Å²) in [5.41, 5.74) is 2.79.